The fourth-order valence-corrected chi connectivity index (χ4v) is 3.01. The molecule has 0 saturated carbocycles. The lowest BCUT2D eigenvalue weighted by atomic mass is 10.1. The Bertz CT molecular complexity index is 1060. The summed E-state index contributed by atoms with van der Waals surface area (Å²) in [5.74, 6) is -0.300. The number of hydrogen-bond donors (Lipinski definition) is 1. The van der Waals surface area contributed by atoms with E-state index >= 15 is 0 Å². The fourth-order valence-electron chi connectivity index (χ4n) is 3.01. The predicted molar refractivity (Wildman–Crippen MR) is 115 cm³/mol. The van der Waals surface area contributed by atoms with Gasteiger partial charge in [-0.25, -0.2) is 9.59 Å². The van der Waals surface area contributed by atoms with Crippen molar-refractivity contribution in [3.8, 4) is 5.75 Å². The number of nitrogens with one attached hydrogen (secondary N) is 1. The van der Waals surface area contributed by atoms with Crippen LogP contribution in [0.2, 0.25) is 0 Å². The van der Waals surface area contributed by atoms with Crippen molar-refractivity contribution in [2.75, 3.05) is 25.6 Å². The number of anilines is 2. The van der Waals surface area contributed by atoms with Crippen LogP contribution < -0.4 is 10.1 Å². The maximum absolute atomic E-state index is 12.5. The highest BCUT2D eigenvalue weighted by Crippen LogP contribution is 2.34. The van der Waals surface area contributed by atoms with Crippen LogP contribution in [-0.4, -0.2) is 37.2 Å². The van der Waals surface area contributed by atoms with Crippen LogP contribution in [-0.2, 0) is 9.47 Å². The largest absolute Gasteiger partial charge is 0.494 e. The molecule has 0 spiro atoms. The third-order valence-corrected chi connectivity index (χ3v) is 4.38. The Kier molecular flexibility index (Phi) is 6.85. The van der Waals surface area contributed by atoms with E-state index in [-0.39, 0.29) is 12.2 Å². The van der Waals surface area contributed by atoms with Gasteiger partial charge in [0.25, 0.3) is 0 Å². The highest BCUT2D eigenvalue weighted by atomic mass is 16.5. The number of carbonyl (C=O) groups excluding carboxylic acids is 2. The number of para-hydroxylation sites is 1. The first kappa shape index (κ1) is 21.1. The van der Waals surface area contributed by atoms with Gasteiger partial charge in [0.05, 0.1) is 31.6 Å². The van der Waals surface area contributed by atoms with E-state index in [0.717, 1.165) is 6.42 Å². The summed E-state index contributed by atoms with van der Waals surface area (Å²) in [5.41, 5.74) is 2.46. The fraction of sp³-hybridized carbons (Fsp3) is 0.261. The average Bonchev–Trinajstić information content (AvgIpc) is 2.77. The van der Waals surface area contributed by atoms with Crippen LogP contribution in [0.3, 0.4) is 0 Å². The second kappa shape index (κ2) is 9.73. The van der Waals surface area contributed by atoms with E-state index in [1.807, 2.05) is 19.1 Å². The van der Waals surface area contributed by atoms with E-state index in [0.29, 0.717) is 40.2 Å². The molecule has 0 aliphatic carbocycles. The Morgan fingerprint density at radius 3 is 2.57 bits per heavy atom. The average molecular weight is 408 g/mol. The summed E-state index contributed by atoms with van der Waals surface area (Å²) in [6, 6.07) is 12.4. The van der Waals surface area contributed by atoms with E-state index in [1.165, 1.54) is 6.20 Å². The topological polar surface area (TPSA) is 86.8 Å². The lowest BCUT2D eigenvalue weighted by Gasteiger charge is -2.16. The van der Waals surface area contributed by atoms with Crippen molar-refractivity contribution in [3.63, 3.8) is 0 Å². The van der Waals surface area contributed by atoms with Gasteiger partial charge in [-0.15, -0.1) is 0 Å². The quantitative estimate of drug-likeness (QED) is 0.539. The van der Waals surface area contributed by atoms with Crippen molar-refractivity contribution < 1.29 is 23.8 Å². The van der Waals surface area contributed by atoms with Gasteiger partial charge in [-0.1, -0.05) is 25.1 Å². The SMILES string of the molecule is CCCOC(=O)c1cccc(Nc2c(C(=O)OCC)cnc3c(OC)cccc23)c1. The summed E-state index contributed by atoms with van der Waals surface area (Å²) in [6.45, 7) is 4.28. The monoisotopic (exact) mass is 408 g/mol. The number of ether oxygens (including phenoxy) is 3. The number of pyridine rings is 1. The number of hydrogen-bond acceptors (Lipinski definition) is 7. The van der Waals surface area contributed by atoms with Crippen molar-refractivity contribution in [2.45, 2.75) is 20.3 Å². The van der Waals surface area contributed by atoms with Crippen LogP contribution in [0.4, 0.5) is 11.4 Å². The number of nitrogens with zero attached hydrogens (tertiary/aromatic N) is 1. The number of fused-ring (bicyclic) bond motifs is 1. The second-order valence-electron chi connectivity index (χ2n) is 6.47. The molecule has 1 heterocycles. The third-order valence-electron chi connectivity index (χ3n) is 4.38. The maximum atomic E-state index is 12.5. The molecule has 0 saturated heterocycles. The van der Waals surface area contributed by atoms with Gasteiger partial charge in [-0.05, 0) is 37.6 Å². The molecule has 0 bridgehead atoms. The molecule has 7 heteroatoms. The summed E-state index contributed by atoms with van der Waals surface area (Å²) in [4.78, 5) is 29.2. The molecule has 1 aromatic heterocycles. The molecule has 0 radical (unpaired) electrons. The van der Waals surface area contributed by atoms with Gasteiger partial charge in [0.2, 0.25) is 0 Å². The molecule has 156 valence electrons. The summed E-state index contributed by atoms with van der Waals surface area (Å²) >= 11 is 0. The molecule has 3 rings (SSSR count). The minimum Gasteiger partial charge on any atom is -0.494 e. The molecule has 0 fully saturated rings. The second-order valence-corrected chi connectivity index (χ2v) is 6.47. The Hall–Kier alpha value is -3.61. The van der Waals surface area contributed by atoms with Crippen LogP contribution in [0.5, 0.6) is 5.75 Å². The Balaban J connectivity index is 2.07. The number of esters is 2. The maximum Gasteiger partial charge on any atom is 0.341 e. The smallest absolute Gasteiger partial charge is 0.341 e. The molecule has 0 atom stereocenters. The normalized spacial score (nSPS) is 10.5. The molecule has 30 heavy (non-hydrogen) atoms. The third kappa shape index (κ3) is 4.51. The highest BCUT2D eigenvalue weighted by molar-refractivity contribution is 6.07. The zero-order valence-electron chi connectivity index (χ0n) is 17.2. The first-order valence-electron chi connectivity index (χ1n) is 9.76. The summed E-state index contributed by atoms with van der Waals surface area (Å²) < 4.78 is 15.8. The Morgan fingerprint density at radius 1 is 1.03 bits per heavy atom. The number of aromatic nitrogens is 1. The standard InChI is InChI=1S/C23H24N2O5/c1-4-12-30-22(26)15-8-6-9-16(13-15)25-20-17-10-7-11-19(28-3)21(17)24-14-18(20)23(27)29-5-2/h6-11,13-14H,4-5,12H2,1-3H3,(H,24,25). The van der Waals surface area contributed by atoms with Crippen LogP contribution in [0.15, 0.2) is 48.7 Å². The van der Waals surface area contributed by atoms with Crippen molar-refractivity contribution in [1.82, 2.24) is 4.98 Å². The molecule has 7 nitrogen and oxygen atoms in total. The van der Waals surface area contributed by atoms with Crippen molar-refractivity contribution in [3.05, 3.63) is 59.8 Å². The molecule has 1 N–H and O–H groups in total. The first-order valence-corrected chi connectivity index (χ1v) is 9.76. The number of methoxy groups -OCH3 is 1. The molecule has 0 amide bonds. The summed E-state index contributed by atoms with van der Waals surface area (Å²) in [5, 5.41) is 3.95. The predicted octanol–water partition coefficient (Wildman–Crippen LogP) is 4.73. The van der Waals surface area contributed by atoms with Crippen LogP contribution in [0.1, 0.15) is 41.0 Å². The van der Waals surface area contributed by atoms with Crippen LogP contribution in [0.25, 0.3) is 10.9 Å². The van der Waals surface area contributed by atoms with Crippen molar-refractivity contribution >= 4 is 34.2 Å². The zero-order chi connectivity index (χ0) is 21.5. The van der Waals surface area contributed by atoms with Crippen LogP contribution in [0, 0.1) is 0 Å². The number of rotatable bonds is 8. The minimum atomic E-state index is -0.490. The molecule has 0 unspecified atom stereocenters. The van der Waals surface area contributed by atoms with Gasteiger partial charge in [0.1, 0.15) is 16.8 Å². The van der Waals surface area contributed by atoms with Crippen molar-refractivity contribution in [1.29, 1.82) is 0 Å². The summed E-state index contributed by atoms with van der Waals surface area (Å²) in [6.07, 6.45) is 2.21. The number of carbonyl (C=O) groups is 2. The highest BCUT2D eigenvalue weighted by Gasteiger charge is 2.19. The van der Waals surface area contributed by atoms with Gasteiger partial charge in [0, 0.05) is 17.3 Å². The Morgan fingerprint density at radius 2 is 1.83 bits per heavy atom. The molecule has 0 aliphatic heterocycles. The summed E-state index contributed by atoms with van der Waals surface area (Å²) in [7, 11) is 1.56. The zero-order valence-corrected chi connectivity index (χ0v) is 17.2. The molecule has 3 aromatic rings. The lowest BCUT2D eigenvalue weighted by molar-refractivity contribution is 0.0501. The van der Waals surface area contributed by atoms with E-state index < -0.39 is 11.9 Å². The van der Waals surface area contributed by atoms with E-state index in [4.69, 9.17) is 14.2 Å². The van der Waals surface area contributed by atoms with Crippen molar-refractivity contribution in [2.24, 2.45) is 0 Å². The molecular weight excluding hydrogens is 384 g/mol. The van der Waals surface area contributed by atoms with E-state index in [9.17, 15) is 9.59 Å². The molecule has 0 aliphatic rings. The van der Waals surface area contributed by atoms with Gasteiger partial charge < -0.3 is 19.5 Å². The number of benzene rings is 2. The van der Waals surface area contributed by atoms with Gasteiger partial charge >= 0.3 is 11.9 Å². The minimum absolute atomic E-state index is 0.243. The van der Waals surface area contributed by atoms with Gasteiger partial charge in [-0.3, -0.25) is 4.98 Å². The van der Waals surface area contributed by atoms with Crippen LogP contribution >= 0.6 is 0 Å². The molecular formula is C23H24N2O5. The molecule has 2 aromatic carbocycles. The van der Waals surface area contributed by atoms with Gasteiger partial charge in [-0.2, -0.15) is 0 Å². The van der Waals surface area contributed by atoms with E-state index in [1.54, 1.807) is 44.4 Å². The Labute approximate surface area is 175 Å². The first-order chi connectivity index (χ1) is 14.6. The van der Waals surface area contributed by atoms with E-state index in [2.05, 4.69) is 10.3 Å². The lowest BCUT2D eigenvalue weighted by Crippen LogP contribution is -2.10. The van der Waals surface area contributed by atoms with Gasteiger partial charge in [0.15, 0.2) is 0 Å².